The Hall–Kier alpha value is -15.1. The Morgan fingerprint density at radius 3 is 1.08 bits per heavy atom. The molecule has 16 atom stereocenters. The van der Waals surface area contributed by atoms with Gasteiger partial charge in [0, 0.05) is 68.6 Å². The van der Waals surface area contributed by atoms with Crippen molar-refractivity contribution in [3.63, 3.8) is 0 Å². The highest BCUT2D eigenvalue weighted by atomic mass is 16.4. The zero-order valence-corrected chi connectivity index (χ0v) is 81.1. The summed E-state index contributed by atoms with van der Waals surface area (Å²) in [6.45, 7) is 12.5. The van der Waals surface area contributed by atoms with Crippen LogP contribution in [0, 0.1) is 23.2 Å². The second kappa shape index (κ2) is 56.8. The normalized spacial score (nSPS) is 14.6. The highest BCUT2D eigenvalue weighted by Crippen LogP contribution is 2.23. The summed E-state index contributed by atoms with van der Waals surface area (Å²) in [6, 6.07) is 31.3. The van der Waals surface area contributed by atoms with Crippen molar-refractivity contribution in [3.05, 3.63) is 239 Å². The summed E-state index contributed by atoms with van der Waals surface area (Å²) in [4.78, 5) is 222. The maximum absolute atomic E-state index is 15.5. The average molecular weight is 1960 g/mol. The van der Waals surface area contributed by atoms with Gasteiger partial charge in [0.05, 0.1) is 6.61 Å². The van der Waals surface area contributed by atoms with Crippen molar-refractivity contribution in [2.45, 2.75) is 236 Å². The number of amides is 14. The lowest BCUT2D eigenvalue weighted by Crippen LogP contribution is -2.62. The summed E-state index contributed by atoms with van der Waals surface area (Å²) in [5.74, 6) is -15.9. The van der Waals surface area contributed by atoms with Crippen LogP contribution in [0.3, 0.4) is 0 Å². The maximum atomic E-state index is 15.5. The molecule has 0 aliphatic carbocycles. The van der Waals surface area contributed by atoms with E-state index < -0.39 is 204 Å². The summed E-state index contributed by atoms with van der Waals surface area (Å²) in [5.41, 5.74) is 21.5. The van der Waals surface area contributed by atoms with Crippen LogP contribution in [0.15, 0.2) is 200 Å². The molecule has 7 aromatic carbocycles. The number of carbonyl (C=O) groups excluding carboxylic acids is 14. The zero-order chi connectivity index (χ0) is 104. The number of nitrogens with one attached hydrogen (secondary N) is 17. The minimum absolute atomic E-state index is 0.00204. The number of phenolic OH excluding ortho intramolecular Hbond substituents is 2. The fourth-order valence-electron chi connectivity index (χ4n) is 15.7. The van der Waals surface area contributed by atoms with Gasteiger partial charge in [0.15, 0.2) is 5.96 Å². The van der Waals surface area contributed by atoms with Gasteiger partial charge >= 0.3 is 5.97 Å². The minimum Gasteiger partial charge on any atom is -0.508 e. The van der Waals surface area contributed by atoms with Gasteiger partial charge in [0.1, 0.15) is 102 Å². The summed E-state index contributed by atoms with van der Waals surface area (Å²) in [7, 11) is 0. The van der Waals surface area contributed by atoms with E-state index in [2.05, 4.69) is 84.7 Å². The highest BCUT2D eigenvalue weighted by molar-refractivity contribution is 6.01. The molecule has 0 fully saturated rings. The molecule has 8 rings (SSSR count). The van der Waals surface area contributed by atoms with Gasteiger partial charge in [-0.1, -0.05) is 212 Å². The van der Waals surface area contributed by atoms with Gasteiger partial charge in [-0.3, -0.25) is 72.5 Å². The number of unbranched alkanes of at least 4 members (excludes halogenated alkanes) is 1. The molecule has 1 aromatic heterocycles. The molecule has 14 amide bonds. The number of hydrogen-bond acceptors (Lipinski definition) is 21. The molecule has 39 nitrogen and oxygen atoms in total. The molecule has 0 radical (unpaired) electrons. The van der Waals surface area contributed by atoms with Crippen LogP contribution < -0.4 is 97.0 Å². The minimum atomic E-state index is -1.59. The maximum Gasteiger partial charge on any atom is 0.326 e. The summed E-state index contributed by atoms with van der Waals surface area (Å²) >= 11 is 0. The highest BCUT2D eigenvalue weighted by Gasteiger charge is 2.40. The monoisotopic (exact) mass is 1960 g/mol. The Morgan fingerprint density at radius 2 is 0.683 bits per heavy atom. The van der Waals surface area contributed by atoms with E-state index in [0.29, 0.717) is 69.1 Å². The van der Waals surface area contributed by atoms with E-state index in [-0.39, 0.29) is 101 Å². The largest absolute Gasteiger partial charge is 0.508 e. The molecule has 142 heavy (non-hydrogen) atoms. The Bertz CT molecular complexity index is 5530. The van der Waals surface area contributed by atoms with Crippen LogP contribution in [-0.2, 0) is 117 Å². The van der Waals surface area contributed by atoms with E-state index in [9.17, 15) is 58.8 Å². The molecule has 0 aliphatic heterocycles. The van der Waals surface area contributed by atoms with Gasteiger partial charge in [-0.15, -0.1) is 0 Å². The fraction of sp³-hybridized carbons (Fsp3) is 0.417. The number of phenols is 2. The fourth-order valence-corrected chi connectivity index (χ4v) is 15.7. The van der Waals surface area contributed by atoms with Crippen molar-refractivity contribution in [1.29, 1.82) is 5.41 Å². The van der Waals surface area contributed by atoms with Crippen molar-refractivity contribution < 1.29 is 92.3 Å². The number of guanidine groups is 1. The van der Waals surface area contributed by atoms with Crippen molar-refractivity contribution >= 4 is 106 Å². The van der Waals surface area contributed by atoms with Gasteiger partial charge in [-0.25, -0.2) is 4.79 Å². The molecule has 0 aliphatic rings. The molecule has 0 bridgehead atoms. The van der Waals surface area contributed by atoms with Crippen LogP contribution in [-0.4, -0.2) is 230 Å². The van der Waals surface area contributed by atoms with Crippen molar-refractivity contribution in [2.24, 2.45) is 35.0 Å². The molecule has 1 heterocycles. The van der Waals surface area contributed by atoms with Crippen LogP contribution in [0.5, 0.6) is 11.5 Å². The quantitative estimate of drug-likeness (QED) is 0.0147. The molecule has 0 spiro atoms. The van der Waals surface area contributed by atoms with Gasteiger partial charge < -0.3 is 122 Å². The number of aromatic amines is 1. The Labute approximate surface area is 825 Å². The molecular weight excluding hydrogens is 1820 g/mol. The summed E-state index contributed by atoms with van der Waals surface area (Å²) in [5, 5.41) is 89.7. The smallest absolute Gasteiger partial charge is 0.326 e. The van der Waals surface area contributed by atoms with Crippen molar-refractivity contribution in [2.75, 3.05) is 19.7 Å². The number of H-pyrrole nitrogens is 1. The number of aromatic nitrogens is 1. The number of aliphatic hydroxyl groups excluding tert-OH is 1. The van der Waals surface area contributed by atoms with Gasteiger partial charge in [-0.2, -0.15) is 0 Å². The van der Waals surface area contributed by atoms with Gasteiger partial charge in [0.2, 0.25) is 82.7 Å². The van der Waals surface area contributed by atoms with E-state index in [0.717, 1.165) is 0 Å². The van der Waals surface area contributed by atoms with Gasteiger partial charge in [0.25, 0.3) is 0 Å². The third-order valence-corrected chi connectivity index (χ3v) is 24.0. The molecule has 0 unspecified atom stereocenters. The predicted octanol–water partition coefficient (Wildman–Crippen LogP) is 1.95. The van der Waals surface area contributed by atoms with Crippen LogP contribution in [0.4, 0.5) is 0 Å². The standard InChI is InChI=1S/C103H136N20O19/c1-9-61(6)87(101(140)120-83(52-66-31-18-12-19-32-66)97(136)121-85(102(141)142)55-67-33-20-13-21-34-67)123-99(138)78(49-59(2)3)114-95(134)81(54-69-41-45-72(126)46-42-69)117-96(135)82(51-65-29-16-11-17-30-65)119-100(139)86(60(4)5)122-89(128)63(8)111-93(132)79(50-64-27-14-10-15-28-64)116-98(137)84(56-70-57-109-75-36-23-22-35-73(70)75)118-92(131)77(38-26-48-108-103(106)107)113-94(133)80(53-68-39-43-71(125)44-40-68)115-91(130)76(37-24-25-47-104)112-88(127)62(7)110-90(129)74(105)58-124/h10-23,27-36,39-46,57,59-63,74,76-87,109,124-126H,9,24-26,37-38,47-56,58,104-105H2,1-8H3,(H,110,129)(H,111,132)(H,112,127)(H,113,133)(H,114,134)(H,115,130)(H,116,137)(H,117,135)(H,118,131)(H,119,139)(H,120,140)(H,121,136)(H,122,128)(H,123,138)(H,141,142)(H4,106,107,108)/t61-,62-,63-,74-,76-,77-,78-,79-,80-,81-,82-,83-,84-,85-,86-,87-/m0/s1. The molecule has 27 N–H and O–H groups in total. The Morgan fingerprint density at radius 1 is 0.359 bits per heavy atom. The molecule has 39 heteroatoms. The third kappa shape index (κ3) is 36.6. The zero-order valence-electron chi connectivity index (χ0n) is 81.1. The molecule has 762 valence electrons. The average Bonchev–Trinajstić information content (AvgIpc) is 1.62. The van der Waals surface area contributed by atoms with E-state index >= 15 is 33.6 Å². The van der Waals surface area contributed by atoms with Crippen LogP contribution in [0.1, 0.15) is 139 Å². The predicted molar refractivity (Wildman–Crippen MR) is 533 cm³/mol. The second-order valence-corrected chi connectivity index (χ2v) is 36.3. The van der Waals surface area contributed by atoms with E-state index in [4.69, 9.17) is 22.6 Å². The first-order valence-electron chi connectivity index (χ1n) is 47.7. The van der Waals surface area contributed by atoms with E-state index in [1.165, 1.54) is 62.4 Å². The molecule has 0 saturated heterocycles. The lowest BCUT2D eigenvalue weighted by Gasteiger charge is -2.30. The number of aliphatic hydroxyl groups is 1. The van der Waals surface area contributed by atoms with Crippen LogP contribution >= 0.6 is 0 Å². The number of aromatic hydroxyl groups is 2. The number of para-hydroxylation sites is 1. The SMILES string of the molecule is CC[C@H](C)[C@H](NC(=O)[C@H](CC(C)C)NC(=O)[C@H](Cc1ccc(O)cc1)NC(=O)[C@H](Cc1ccccc1)NC(=O)[C@@H](NC(=O)[C@H](C)NC(=O)[C@H](Cc1ccccc1)NC(=O)[C@H](Cc1c[nH]c2ccccc12)NC(=O)[C@H](CCCNC(=N)N)NC(=O)[C@H](Cc1ccc(O)cc1)NC(=O)[C@H](CCCCN)NC(=O)[C@H](C)NC(=O)[C@@H](N)CO)C(C)C)C(=O)N[C@@H](Cc1ccccc1)C(=O)N[C@@H](Cc1ccccc1)C(=O)O. The second-order valence-electron chi connectivity index (χ2n) is 36.3. The lowest BCUT2D eigenvalue weighted by molar-refractivity contribution is -0.142. The number of carboxylic acids is 1. The first kappa shape index (κ1) is 112. The number of carboxylic acid groups (broad SMARTS) is 1. The number of rotatable bonds is 57. The van der Waals surface area contributed by atoms with Crippen molar-refractivity contribution in [1.82, 2.24) is 84.7 Å². The van der Waals surface area contributed by atoms with Crippen LogP contribution in [0.2, 0.25) is 0 Å². The number of fused-ring (bicyclic) bond motifs is 1. The third-order valence-electron chi connectivity index (χ3n) is 24.0. The number of nitrogens with two attached hydrogens (primary N) is 3. The molecule has 8 aromatic rings. The number of aliphatic carboxylic acids is 1. The topological polar surface area (TPSA) is 635 Å². The first-order chi connectivity index (χ1) is 67.8. The number of carbonyl (C=O) groups is 15. The lowest BCUT2D eigenvalue weighted by atomic mass is 9.95. The number of benzene rings is 7. The van der Waals surface area contributed by atoms with E-state index in [1.807, 2.05) is 0 Å². The number of hydrogen-bond donors (Lipinski definition) is 24. The molecular formula is C103H136N20O19. The summed E-state index contributed by atoms with van der Waals surface area (Å²) in [6.07, 6.45) is 1.16. The summed E-state index contributed by atoms with van der Waals surface area (Å²) < 4.78 is 0. The Balaban J connectivity index is 1.03. The van der Waals surface area contributed by atoms with Crippen LogP contribution in [0.25, 0.3) is 10.9 Å². The van der Waals surface area contributed by atoms with Crippen molar-refractivity contribution in [3.8, 4) is 11.5 Å². The Kier molecular flexibility index (Phi) is 44.9. The molecule has 0 saturated carbocycles. The first-order valence-corrected chi connectivity index (χ1v) is 47.7. The van der Waals surface area contributed by atoms with Gasteiger partial charge in [-0.05, 0) is 146 Å². The van der Waals surface area contributed by atoms with E-state index in [1.54, 1.807) is 193 Å².